The standard InChI is InChI=1S/C15H32N2O/c1-12(2)16-15(4,11-18)10-17(5)14-8-6-7-13(3)9-14/h12-14,16,18H,6-11H2,1-5H3. The number of hydrogen-bond acceptors (Lipinski definition) is 3. The molecule has 0 aromatic heterocycles. The van der Waals surface area contributed by atoms with Crippen molar-refractivity contribution in [3.05, 3.63) is 0 Å². The van der Waals surface area contributed by atoms with E-state index in [2.05, 4.69) is 45.0 Å². The molecule has 0 heterocycles. The van der Waals surface area contributed by atoms with Crippen LogP contribution in [0.3, 0.4) is 0 Å². The summed E-state index contributed by atoms with van der Waals surface area (Å²) in [5.41, 5.74) is -0.191. The normalized spacial score (nSPS) is 28.7. The van der Waals surface area contributed by atoms with Crippen molar-refractivity contribution < 1.29 is 5.11 Å². The summed E-state index contributed by atoms with van der Waals surface area (Å²) in [4.78, 5) is 2.45. The average Bonchev–Trinajstić information content (AvgIpc) is 2.27. The molecule has 0 spiro atoms. The van der Waals surface area contributed by atoms with Crippen molar-refractivity contribution in [2.24, 2.45) is 5.92 Å². The second-order valence-electron chi connectivity index (χ2n) is 6.86. The fourth-order valence-electron chi connectivity index (χ4n) is 3.32. The third-order valence-corrected chi connectivity index (χ3v) is 4.12. The van der Waals surface area contributed by atoms with Gasteiger partial charge in [0.05, 0.1) is 12.1 Å². The van der Waals surface area contributed by atoms with Crippen LogP contribution in [0.15, 0.2) is 0 Å². The quantitative estimate of drug-likeness (QED) is 0.765. The zero-order valence-electron chi connectivity index (χ0n) is 12.9. The molecule has 1 saturated carbocycles. The highest BCUT2D eigenvalue weighted by Crippen LogP contribution is 2.27. The van der Waals surface area contributed by atoms with Crippen LogP contribution in [0, 0.1) is 5.92 Å². The molecule has 3 nitrogen and oxygen atoms in total. The fourth-order valence-corrected chi connectivity index (χ4v) is 3.32. The Morgan fingerprint density at radius 2 is 2.06 bits per heavy atom. The predicted octanol–water partition coefficient (Wildman–Crippen LogP) is 2.25. The van der Waals surface area contributed by atoms with Crippen molar-refractivity contribution >= 4 is 0 Å². The number of aliphatic hydroxyl groups excluding tert-OH is 1. The number of nitrogens with zero attached hydrogens (tertiary/aromatic N) is 1. The first-order chi connectivity index (χ1) is 8.36. The van der Waals surface area contributed by atoms with E-state index in [9.17, 15) is 5.11 Å². The molecule has 0 saturated heterocycles. The van der Waals surface area contributed by atoms with Crippen molar-refractivity contribution in [3.63, 3.8) is 0 Å². The molecular formula is C15H32N2O. The lowest BCUT2D eigenvalue weighted by molar-refractivity contribution is 0.0852. The van der Waals surface area contributed by atoms with Crippen LogP contribution in [0.1, 0.15) is 53.4 Å². The van der Waals surface area contributed by atoms with Gasteiger partial charge in [0.15, 0.2) is 0 Å². The van der Waals surface area contributed by atoms with Gasteiger partial charge >= 0.3 is 0 Å². The lowest BCUT2D eigenvalue weighted by Crippen LogP contribution is -2.57. The van der Waals surface area contributed by atoms with Crippen LogP contribution in [0.5, 0.6) is 0 Å². The highest BCUT2D eigenvalue weighted by molar-refractivity contribution is 4.89. The summed E-state index contributed by atoms with van der Waals surface area (Å²) in [5, 5.41) is 13.1. The van der Waals surface area contributed by atoms with E-state index in [0.717, 1.165) is 12.5 Å². The maximum atomic E-state index is 9.64. The largest absolute Gasteiger partial charge is 0.394 e. The number of rotatable bonds is 6. The molecule has 108 valence electrons. The summed E-state index contributed by atoms with van der Waals surface area (Å²) in [6, 6.07) is 1.09. The molecule has 1 fully saturated rings. The van der Waals surface area contributed by atoms with Crippen LogP contribution in [-0.2, 0) is 0 Å². The third kappa shape index (κ3) is 4.87. The molecule has 0 amide bonds. The molecule has 2 N–H and O–H groups in total. The second-order valence-corrected chi connectivity index (χ2v) is 6.86. The molecule has 0 aromatic rings. The van der Waals surface area contributed by atoms with Crippen LogP contribution < -0.4 is 5.32 Å². The van der Waals surface area contributed by atoms with Gasteiger partial charge in [0.25, 0.3) is 0 Å². The van der Waals surface area contributed by atoms with Gasteiger partial charge in [-0.05, 0) is 32.7 Å². The van der Waals surface area contributed by atoms with Gasteiger partial charge in [-0.1, -0.05) is 33.6 Å². The Balaban J connectivity index is 2.52. The van der Waals surface area contributed by atoms with E-state index in [0.29, 0.717) is 12.1 Å². The average molecular weight is 256 g/mol. The summed E-state index contributed by atoms with van der Waals surface area (Å²) in [5.74, 6) is 0.852. The molecule has 3 unspecified atom stereocenters. The van der Waals surface area contributed by atoms with Crippen LogP contribution >= 0.6 is 0 Å². The Kier molecular flexibility index (Phi) is 6.09. The van der Waals surface area contributed by atoms with E-state index in [-0.39, 0.29) is 12.1 Å². The maximum Gasteiger partial charge on any atom is 0.0623 e. The van der Waals surface area contributed by atoms with Gasteiger partial charge in [0, 0.05) is 18.6 Å². The first kappa shape index (κ1) is 15.9. The minimum atomic E-state index is -0.191. The molecule has 1 aliphatic rings. The second kappa shape index (κ2) is 6.88. The van der Waals surface area contributed by atoms with Crippen LogP contribution in [0.2, 0.25) is 0 Å². The van der Waals surface area contributed by atoms with Gasteiger partial charge in [-0.3, -0.25) is 0 Å². The molecule has 1 aliphatic carbocycles. The molecular weight excluding hydrogens is 224 g/mol. The minimum absolute atomic E-state index is 0.191. The molecule has 0 aliphatic heterocycles. The van der Waals surface area contributed by atoms with Gasteiger partial charge in [0.1, 0.15) is 0 Å². The molecule has 3 heteroatoms. The van der Waals surface area contributed by atoms with Crippen molar-refractivity contribution in [1.82, 2.24) is 10.2 Å². The minimum Gasteiger partial charge on any atom is -0.394 e. The Labute approximate surface area is 113 Å². The van der Waals surface area contributed by atoms with E-state index in [1.54, 1.807) is 0 Å². The Morgan fingerprint density at radius 1 is 1.39 bits per heavy atom. The Morgan fingerprint density at radius 3 is 2.56 bits per heavy atom. The monoisotopic (exact) mass is 256 g/mol. The van der Waals surface area contributed by atoms with E-state index in [1.807, 2.05) is 0 Å². The SMILES string of the molecule is CC1CCCC(N(C)CC(C)(CO)NC(C)C)C1. The van der Waals surface area contributed by atoms with Gasteiger partial charge in [0.2, 0.25) is 0 Å². The van der Waals surface area contributed by atoms with Gasteiger partial charge < -0.3 is 15.3 Å². The predicted molar refractivity (Wildman–Crippen MR) is 77.8 cm³/mol. The molecule has 0 bridgehead atoms. The number of aliphatic hydroxyl groups is 1. The zero-order chi connectivity index (χ0) is 13.8. The summed E-state index contributed by atoms with van der Waals surface area (Å²) in [7, 11) is 2.21. The van der Waals surface area contributed by atoms with Crippen LogP contribution in [0.4, 0.5) is 0 Å². The zero-order valence-corrected chi connectivity index (χ0v) is 12.9. The van der Waals surface area contributed by atoms with Gasteiger partial charge in [-0.2, -0.15) is 0 Å². The molecule has 1 rings (SSSR count). The summed E-state index contributed by atoms with van der Waals surface area (Å²) >= 11 is 0. The maximum absolute atomic E-state index is 9.64. The fraction of sp³-hybridized carbons (Fsp3) is 1.00. The lowest BCUT2D eigenvalue weighted by atomic mass is 9.86. The van der Waals surface area contributed by atoms with Gasteiger partial charge in [-0.15, -0.1) is 0 Å². The van der Waals surface area contributed by atoms with Crippen molar-refractivity contribution in [2.45, 2.75) is 71.0 Å². The molecule has 3 atom stereocenters. The first-order valence-electron chi connectivity index (χ1n) is 7.45. The van der Waals surface area contributed by atoms with Gasteiger partial charge in [-0.25, -0.2) is 0 Å². The first-order valence-corrected chi connectivity index (χ1v) is 7.45. The Bertz CT molecular complexity index is 245. The number of likely N-dealkylation sites (N-methyl/N-ethyl adjacent to an activating group) is 1. The van der Waals surface area contributed by atoms with Crippen LogP contribution in [0.25, 0.3) is 0 Å². The Hall–Kier alpha value is -0.120. The summed E-state index contributed by atoms with van der Waals surface area (Å²) in [6.07, 6.45) is 5.35. The number of nitrogens with one attached hydrogen (secondary N) is 1. The smallest absolute Gasteiger partial charge is 0.0623 e. The topological polar surface area (TPSA) is 35.5 Å². The molecule has 18 heavy (non-hydrogen) atoms. The van der Waals surface area contributed by atoms with Crippen LogP contribution in [-0.4, -0.2) is 47.8 Å². The van der Waals surface area contributed by atoms with E-state index in [4.69, 9.17) is 0 Å². The summed E-state index contributed by atoms with van der Waals surface area (Å²) < 4.78 is 0. The van der Waals surface area contributed by atoms with Crippen molar-refractivity contribution in [3.8, 4) is 0 Å². The van der Waals surface area contributed by atoms with E-state index in [1.165, 1.54) is 25.7 Å². The summed E-state index contributed by atoms with van der Waals surface area (Å²) in [6.45, 7) is 9.86. The highest BCUT2D eigenvalue weighted by Gasteiger charge is 2.30. The molecule has 0 radical (unpaired) electrons. The van der Waals surface area contributed by atoms with Crippen molar-refractivity contribution in [2.75, 3.05) is 20.2 Å². The lowest BCUT2D eigenvalue weighted by Gasteiger charge is -2.40. The number of hydrogen-bond donors (Lipinski definition) is 2. The third-order valence-electron chi connectivity index (χ3n) is 4.12. The van der Waals surface area contributed by atoms with Crippen molar-refractivity contribution in [1.29, 1.82) is 0 Å². The van der Waals surface area contributed by atoms with E-state index >= 15 is 0 Å². The highest BCUT2D eigenvalue weighted by atomic mass is 16.3. The van der Waals surface area contributed by atoms with E-state index < -0.39 is 0 Å². The molecule has 0 aromatic carbocycles.